The number of aryl methyl sites for hydroxylation is 1. The summed E-state index contributed by atoms with van der Waals surface area (Å²) in [6.45, 7) is 6.48. The molecular formula is C27H25BrIN3O3. The minimum Gasteiger partial charge on any atom is -0.493 e. The Balaban J connectivity index is 1.69. The predicted octanol–water partition coefficient (Wildman–Crippen LogP) is 6.67. The Bertz CT molecular complexity index is 1480. The molecule has 3 aromatic carbocycles. The summed E-state index contributed by atoms with van der Waals surface area (Å²) >= 11 is 5.66. The monoisotopic (exact) mass is 645 g/mol. The zero-order valence-corrected chi connectivity index (χ0v) is 23.6. The molecule has 180 valence electrons. The van der Waals surface area contributed by atoms with E-state index in [0.29, 0.717) is 34.8 Å². The van der Waals surface area contributed by atoms with Crippen LogP contribution < -0.4 is 15.0 Å². The van der Waals surface area contributed by atoms with Gasteiger partial charge in [0.05, 0.1) is 27.8 Å². The fourth-order valence-corrected chi connectivity index (χ4v) is 4.83. The van der Waals surface area contributed by atoms with Crippen molar-refractivity contribution >= 4 is 55.6 Å². The van der Waals surface area contributed by atoms with Gasteiger partial charge in [-0.15, -0.1) is 0 Å². The van der Waals surface area contributed by atoms with E-state index in [1.807, 2.05) is 50.2 Å². The van der Waals surface area contributed by atoms with Gasteiger partial charge < -0.3 is 9.47 Å². The average Bonchev–Trinajstić information content (AvgIpc) is 2.82. The molecule has 0 N–H and O–H groups in total. The van der Waals surface area contributed by atoms with Crippen molar-refractivity contribution in [1.29, 1.82) is 0 Å². The molecule has 0 fully saturated rings. The second kappa shape index (κ2) is 10.9. The molecule has 0 aliphatic heterocycles. The van der Waals surface area contributed by atoms with E-state index in [1.165, 1.54) is 10.2 Å². The molecule has 1 heterocycles. The van der Waals surface area contributed by atoms with Crippen molar-refractivity contribution in [3.8, 4) is 11.5 Å². The van der Waals surface area contributed by atoms with Crippen LogP contribution >= 0.6 is 38.5 Å². The van der Waals surface area contributed by atoms with Crippen LogP contribution in [-0.2, 0) is 6.61 Å². The van der Waals surface area contributed by atoms with Crippen LogP contribution in [0.2, 0.25) is 0 Å². The Labute approximate surface area is 226 Å². The number of nitrogens with zero attached hydrogens (tertiary/aromatic N) is 3. The molecule has 0 unspecified atom stereocenters. The van der Waals surface area contributed by atoms with E-state index in [0.717, 1.165) is 19.2 Å². The lowest BCUT2D eigenvalue weighted by Gasteiger charge is -2.14. The number of halogens is 2. The van der Waals surface area contributed by atoms with Gasteiger partial charge in [-0.1, -0.05) is 59.6 Å². The minimum absolute atomic E-state index is 0.0139. The molecule has 0 saturated heterocycles. The van der Waals surface area contributed by atoms with Gasteiger partial charge in [0.2, 0.25) is 0 Å². The van der Waals surface area contributed by atoms with E-state index >= 15 is 0 Å². The van der Waals surface area contributed by atoms with Gasteiger partial charge in [-0.25, -0.2) is 4.98 Å². The third-order valence-electron chi connectivity index (χ3n) is 5.39. The summed E-state index contributed by atoms with van der Waals surface area (Å²) in [5.41, 5.74) is 3.50. The number of hydrogen-bond donors (Lipinski definition) is 0. The number of benzene rings is 3. The van der Waals surface area contributed by atoms with Crippen LogP contribution in [-0.4, -0.2) is 23.0 Å². The molecule has 0 amide bonds. The maximum absolute atomic E-state index is 13.3. The molecule has 1 aromatic heterocycles. The van der Waals surface area contributed by atoms with Crippen LogP contribution in [0.15, 0.2) is 69.0 Å². The molecule has 0 aliphatic rings. The third-order valence-corrected chi connectivity index (χ3v) is 6.68. The van der Waals surface area contributed by atoms with Crippen LogP contribution in [0, 0.1) is 10.5 Å². The first-order valence-electron chi connectivity index (χ1n) is 11.1. The Kier molecular flexibility index (Phi) is 7.91. The Morgan fingerprint density at radius 1 is 1.17 bits per heavy atom. The first kappa shape index (κ1) is 25.4. The van der Waals surface area contributed by atoms with Gasteiger partial charge in [-0.05, 0) is 71.0 Å². The Morgan fingerprint density at radius 3 is 2.69 bits per heavy atom. The smallest absolute Gasteiger partial charge is 0.282 e. The molecule has 4 rings (SSSR count). The number of methoxy groups -OCH3 is 1. The van der Waals surface area contributed by atoms with Crippen LogP contribution in [0.5, 0.6) is 11.5 Å². The lowest BCUT2D eigenvalue weighted by atomic mass is 10.1. The highest BCUT2D eigenvalue weighted by atomic mass is 127. The quantitative estimate of drug-likeness (QED) is 0.166. The van der Waals surface area contributed by atoms with E-state index in [-0.39, 0.29) is 11.5 Å². The zero-order valence-electron chi connectivity index (χ0n) is 19.9. The summed E-state index contributed by atoms with van der Waals surface area (Å²) < 4.78 is 14.8. The second-order valence-corrected chi connectivity index (χ2v) is 10.5. The summed E-state index contributed by atoms with van der Waals surface area (Å²) in [5, 5.41) is 5.04. The standard InChI is InChI=1S/C27H25BrIN3O3/c1-16(2)26-31-23-9-8-20(28)13-21(23)27(33)32(26)30-14-19-11-22(29)25(24(12-19)34-4)35-15-18-7-5-6-17(3)10-18/h5-14,16H,15H2,1-4H3. The second-order valence-electron chi connectivity index (χ2n) is 8.46. The number of fused-ring (bicyclic) bond motifs is 1. The molecule has 0 spiro atoms. The van der Waals surface area contributed by atoms with Crippen molar-refractivity contribution in [2.45, 2.75) is 33.3 Å². The van der Waals surface area contributed by atoms with Gasteiger partial charge in [0, 0.05) is 10.4 Å². The molecule has 0 saturated carbocycles. The van der Waals surface area contributed by atoms with Crippen molar-refractivity contribution in [2.24, 2.45) is 5.10 Å². The first-order valence-corrected chi connectivity index (χ1v) is 13.0. The normalized spacial score (nSPS) is 11.5. The number of hydrogen-bond acceptors (Lipinski definition) is 5. The number of ether oxygens (including phenoxy) is 2. The molecule has 4 aromatic rings. The van der Waals surface area contributed by atoms with Gasteiger partial charge in [-0.3, -0.25) is 4.79 Å². The number of rotatable bonds is 7. The number of aromatic nitrogens is 2. The van der Waals surface area contributed by atoms with Gasteiger partial charge in [0.15, 0.2) is 11.5 Å². The summed E-state index contributed by atoms with van der Waals surface area (Å²) in [5.74, 6) is 1.88. The van der Waals surface area contributed by atoms with Crippen molar-refractivity contribution in [3.63, 3.8) is 0 Å². The van der Waals surface area contributed by atoms with Crippen LogP contribution in [0.3, 0.4) is 0 Å². The molecule has 0 bridgehead atoms. The molecular weight excluding hydrogens is 621 g/mol. The predicted molar refractivity (Wildman–Crippen MR) is 152 cm³/mol. The van der Waals surface area contributed by atoms with Crippen LogP contribution in [0.25, 0.3) is 10.9 Å². The minimum atomic E-state index is -0.212. The highest BCUT2D eigenvalue weighted by Crippen LogP contribution is 2.34. The van der Waals surface area contributed by atoms with Crippen molar-refractivity contribution in [3.05, 3.63) is 95.5 Å². The van der Waals surface area contributed by atoms with E-state index in [9.17, 15) is 4.79 Å². The fraction of sp³-hybridized carbons (Fsp3) is 0.222. The van der Waals surface area contributed by atoms with Crippen molar-refractivity contribution in [1.82, 2.24) is 9.66 Å². The van der Waals surface area contributed by atoms with E-state index in [4.69, 9.17) is 14.5 Å². The van der Waals surface area contributed by atoms with Crippen LogP contribution in [0.4, 0.5) is 0 Å². The van der Waals surface area contributed by atoms with E-state index in [1.54, 1.807) is 19.4 Å². The average molecular weight is 646 g/mol. The van der Waals surface area contributed by atoms with E-state index < -0.39 is 0 Å². The molecule has 0 radical (unpaired) electrons. The Hall–Kier alpha value is -2.72. The summed E-state index contributed by atoms with van der Waals surface area (Å²) in [6, 6.07) is 17.5. The van der Waals surface area contributed by atoms with Gasteiger partial charge in [-0.2, -0.15) is 9.78 Å². The molecule has 0 aliphatic carbocycles. The maximum Gasteiger partial charge on any atom is 0.282 e. The topological polar surface area (TPSA) is 65.7 Å². The maximum atomic E-state index is 13.3. The summed E-state index contributed by atoms with van der Waals surface area (Å²) in [7, 11) is 1.61. The summed E-state index contributed by atoms with van der Waals surface area (Å²) in [4.78, 5) is 18.0. The SMILES string of the molecule is COc1cc(C=Nn2c(C(C)C)nc3ccc(Br)cc3c2=O)cc(I)c1OCc1cccc(C)c1. The Morgan fingerprint density at radius 2 is 1.97 bits per heavy atom. The lowest BCUT2D eigenvalue weighted by Crippen LogP contribution is -2.23. The van der Waals surface area contributed by atoms with Crippen molar-refractivity contribution < 1.29 is 9.47 Å². The molecule has 35 heavy (non-hydrogen) atoms. The summed E-state index contributed by atoms with van der Waals surface area (Å²) in [6.07, 6.45) is 1.65. The lowest BCUT2D eigenvalue weighted by molar-refractivity contribution is 0.282. The van der Waals surface area contributed by atoms with Gasteiger partial charge in [0.1, 0.15) is 12.4 Å². The van der Waals surface area contributed by atoms with Crippen molar-refractivity contribution in [2.75, 3.05) is 7.11 Å². The molecule has 6 nitrogen and oxygen atoms in total. The highest BCUT2D eigenvalue weighted by Gasteiger charge is 2.15. The first-order chi connectivity index (χ1) is 16.8. The molecule has 0 atom stereocenters. The molecule has 8 heteroatoms. The third kappa shape index (κ3) is 5.75. The van der Waals surface area contributed by atoms with E-state index in [2.05, 4.69) is 62.7 Å². The zero-order chi connectivity index (χ0) is 25.1. The van der Waals surface area contributed by atoms with Gasteiger partial charge in [0.25, 0.3) is 5.56 Å². The fourth-order valence-electron chi connectivity index (χ4n) is 3.69. The highest BCUT2D eigenvalue weighted by molar-refractivity contribution is 14.1. The van der Waals surface area contributed by atoms with Gasteiger partial charge >= 0.3 is 0 Å². The largest absolute Gasteiger partial charge is 0.493 e. The van der Waals surface area contributed by atoms with Crippen LogP contribution in [0.1, 0.15) is 42.3 Å².